The minimum absolute atomic E-state index is 0.148. The monoisotopic (exact) mass is 503 g/mol. The number of aromatic nitrogens is 1. The van der Waals surface area contributed by atoms with Gasteiger partial charge in [-0.25, -0.2) is 4.98 Å². The molecular formula is C28H36F3N3O2. The molecule has 1 aromatic carbocycles. The number of hydrogen-bond donors (Lipinski definition) is 1. The molecule has 0 amide bonds. The van der Waals surface area contributed by atoms with E-state index >= 15 is 0 Å². The van der Waals surface area contributed by atoms with Gasteiger partial charge in [0.25, 0.3) is 0 Å². The van der Waals surface area contributed by atoms with Crippen molar-refractivity contribution in [2.24, 2.45) is 11.3 Å². The standard InChI is InChI=1S/C28H36F3N3O2/c29-28(30,31)27(11-1-12-27)20-33-13-8-22(9-14-33)19-36-26-7-6-24(16-32-26)23-4-2-21(3-5-23)17-34-15-10-25(35)18-34/h2-7,16,22,25,35H,1,8-15,17-20H2/t25-/m0/s1. The van der Waals surface area contributed by atoms with Gasteiger partial charge in [0.2, 0.25) is 5.88 Å². The summed E-state index contributed by atoms with van der Waals surface area (Å²) in [6, 6.07) is 12.3. The van der Waals surface area contributed by atoms with E-state index in [0.29, 0.717) is 37.9 Å². The highest BCUT2D eigenvalue weighted by Gasteiger charge is 2.58. The number of benzene rings is 1. The number of piperidine rings is 1. The largest absolute Gasteiger partial charge is 0.477 e. The van der Waals surface area contributed by atoms with Crippen LogP contribution in [0, 0.1) is 11.3 Å². The second-order valence-electron chi connectivity index (χ2n) is 10.9. The van der Waals surface area contributed by atoms with Crippen molar-refractivity contribution in [3.63, 3.8) is 0 Å². The maximum atomic E-state index is 13.5. The van der Waals surface area contributed by atoms with Crippen molar-refractivity contribution in [1.82, 2.24) is 14.8 Å². The summed E-state index contributed by atoms with van der Waals surface area (Å²) in [6.45, 7) is 4.63. The first-order chi connectivity index (χ1) is 17.3. The van der Waals surface area contributed by atoms with E-state index in [9.17, 15) is 18.3 Å². The average Bonchev–Trinajstić information content (AvgIpc) is 3.25. The molecule has 1 aliphatic carbocycles. The lowest BCUT2D eigenvalue weighted by molar-refractivity contribution is -0.256. The third kappa shape index (κ3) is 5.87. The number of aliphatic hydroxyl groups is 1. The first-order valence-electron chi connectivity index (χ1n) is 13.2. The van der Waals surface area contributed by atoms with Crippen LogP contribution in [0.3, 0.4) is 0 Å². The van der Waals surface area contributed by atoms with Gasteiger partial charge in [0, 0.05) is 44.0 Å². The summed E-state index contributed by atoms with van der Waals surface area (Å²) in [5.41, 5.74) is 1.87. The minimum atomic E-state index is -4.09. The number of rotatable bonds is 8. The molecule has 1 N–H and O–H groups in total. The second kappa shape index (κ2) is 10.7. The molecular weight excluding hydrogens is 467 g/mol. The lowest BCUT2D eigenvalue weighted by Gasteiger charge is -2.47. The van der Waals surface area contributed by atoms with Gasteiger partial charge in [-0.15, -0.1) is 0 Å². The van der Waals surface area contributed by atoms with Crippen molar-refractivity contribution in [3.8, 4) is 17.0 Å². The Labute approximate surface area is 211 Å². The first kappa shape index (κ1) is 25.5. The van der Waals surface area contributed by atoms with Crippen LogP contribution in [0.5, 0.6) is 5.88 Å². The van der Waals surface area contributed by atoms with Gasteiger partial charge in [0.1, 0.15) is 0 Å². The van der Waals surface area contributed by atoms with Gasteiger partial charge in [0.05, 0.1) is 18.1 Å². The molecule has 8 heteroatoms. The van der Waals surface area contributed by atoms with Crippen LogP contribution in [0.4, 0.5) is 13.2 Å². The van der Waals surface area contributed by atoms with Gasteiger partial charge < -0.3 is 14.7 Å². The maximum Gasteiger partial charge on any atom is 0.395 e. The Kier molecular flexibility index (Phi) is 7.56. The molecule has 0 bridgehead atoms. The second-order valence-corrected chi connectivity index (χ2v) is 10.9. The van der Waals surface area contributed by atoms with E-state index in [1.54, 1.807) is 0 Å². The molecule has 3 fully saturated rings. The van der Waals surface area contributed by atoms with Crippen molar-refractivity contribution < 1.29 is 23.0 Å². The van der Waals surface area contributed by atoms with Crippen LogP contribution in [-0.4, -0.2) is 71.5 Å². The molecule has 3 heterocycles. The molecule has 1 aromatic heterocycles. The highest BCUT2D eigenvalue weighted by atomic mass is 19.4. The van der Waals surface area contributed by atoms with Gasteiger partial charge in [-0.2, -0.15) is 13.2 Å². The Morgan fingerprint density at radius 1 is 0.944 bits per heavy atom. The third-order valence-corrected chi connectivity index (χ3v) is 8.29. The summed E-state index contributed by atoms with van der Waals surface area (Å²) in [5, 5.41) is 9.69. The topological polar surface area (TPSA) is 48.8 Å². The number of β-amino-alcohol motifs (C(OH)–C–C–N with tert-alkyl or cyclic N) is 1. The smallest absolute Gasteiger partial charge is 0.395 e. The molecule has 3 aliphatic rings. The molecule has 5 nitrogen and oxygen atoms in total. The molecule has 36 heavy (non-hydrogen) atoms. The van der Waals surface area contributed by atoms with Gasteiger partial charge in [-0.1, -0.05) is 30.7 Å². The van der Waals surface area contributed by atoms with Crippen molar-refractivity contribution in [1.29, 1.82) is 0 Å². The van der Waals surface area contributed by atoms with Crippen LogP contribution >= 0.6 is 0 Å². The van der Waals surface area contributed by atoms with E-state index in [2.05, 4.69) is 34.1 Å². The van der Waals surface area contributed by atoms with E-state index < -0.39 is 11.6 Å². The molecule has 0 radical (unpaired) electrons. The Balaban J connectivity index is 1.06. The summed E-state index contributed by atoms with van der Waals surface area (Å²) in [7, 11) is 0. The van der Waals surface area contributed by atoms with E-state index in [-0.39, 0.29) is 25.5 Å². The predicted molar refractivity (Wildman–Crippen MR) is 133 cm³/mol. The summed E-state index contributed by atoms with van der Waals surface area (Å²) in [4.78, 5) is 8.73. The SMILES string of the molecule is O[C@H]1CCN(Cc2ccc(-c3ccc(OCC4CCN(CC5(C(F)(F)F)CCC5)CC4)nc3)cc2)C1. The minimum Gasteiger partial charge on any atom is -0.477 e. The van der Waals surface area contributed by atoms with Crippen molar-refractivity contribution in [2.75, 3.05) is 39.3 Å². The molecule has 196 valence electrons. The summed E-state index contributed by atoms with van der Waals surface area (Å²) in [5.74, 6) is 0.922. The maximum absolute atomic E-state index is 13.5. The van der Waals surface area contributed by atoms with Crippen molar-refractivity contribution >= 4 is 0 Å². The van der Waals surface area contributed by atoms with Gasteiger partial charge in [0.15, 0.2) is 0 Å². The zero-order chi connectivity index (χ0) is 25.2. The van der Waals surface area contributed by atoms with Crippen LogP contribution in [-0.2, 0) is 6.54 Å². The fourth-order valence-electron chi connectivity index (χ4n) is 5.73. The van der Waals surface area contributed by atoms with Gasteiger partial charge in [-0.3, -0.25) is 4.90 Å². The number of nitrogens with zero attached hydrogens (tertiary/aromatic N) is 3. The summed E-state index contributed by atoms with van der Waals surface area (Å²) >= 11 is 0. The van der Waals surface area contributed by atoms with Crippen LogP contribution in [0.1, 0.15) is 44.1 Å². The zero-order valence-electron chi connectivity index (χ0n) is 20.7. The normalized spacial score (nSPS) is 23.5. The lowest BCUT2D eigenvalue weighted by Crippen LogP contribution is -2.53. The zero-order valence-corrected chi connectivity index (χ0v) is 20.7. The number of pyridine rings is 1. The summed E-state index contributed by atoms with van der Waals surface area (Å²) < 4.78 is 46.3. The molecule has 2 saturated heterocycles. The quantitative estimate of drug-likeness (QED) is 0.541. The lowest BCUT2D eigenvalue weighted by atomic mass is 9.67. The fraction of sp³-hybridized carbons (Fsp3) is 0.607. The average molecular weight is 504 g/mol. The van der Waals surface area contributed by atoms with Crippen molar-refractivity contribution in [3.05, 3.63) is 48.2 Å². The Morgan fingerprint density at radius 2 is 1.64 bits per heavy atom. The highest BCUT2D eigenvalue weighted by molar-refractivity contribution is 5.63. The van der Waals surface area contributed by atoms with E-state index in [4.69, 9.17) is 4.74 Å². The van der Waals surface area contributed by atoms with Crippen LogP contribution < -0.4 is 4.74 Å². The molecule has 1 atom stereocenters. The Bertz CT molecular complexity index is 985. The number of alkyl halides is 3. The molecule has 5 rings (SSSR count). The number of hydrogen-bond acceptors (Lipinski definition) is 5. The number of ether oxygens (including phenoxy) is 1. The van der Waals surface area contributed by atoms with Crippen LogP contribution in [0.25, 0.3) is 11.1 Å². The Hall–Kier alpha value is -2.16. The molecule has 2 aromatic rings. The number of likely N-dealkylation sites (tertiary alicyclic amines) is 2. The predicted octanol–water partition coefficient (Wildman–Crippen LogP) is 5.14. The van der Waals surface area contributed by atoms with Gasteiger partial charge >= 0.3 is 6.18 Å². The van der Waals surface area contributed by atoms with Gasteiger partial charge in [-0.05, 0) is 68.3 Å². The highest BCUT2D eigenvalue weighted by Crippen LogP contribution is 2.53. The first-order valence-corrected chi connectivity index (χ1v) is 13.2. The van der Waals surface area contributed by atoms with Crippen LogP contribution in [0.15, 0.2) is 42.6 Å². The Morgan fingerprint density at radius 3 is 2.19 bits per heavy atom. The van der Waals surface area contributed by atoms with Crippen LogP contribution in [0.2, 0.25) is 0 Å². The van der Waals surface area contributed by atoms with Crippen molar-refractivity contribution in [2.45, 2.75) is 57.3 Å². The molecule has 1 saturated carbocycles. The molecule has 0 unspecified atom stereocenters. The number of halogens is 3. The molecule has 0 spiro atoms. The van der Waals surface area contributed by atoms with E-state index in [1.807, 2.05) is 23.2 Å². The molecule has 2 aliphatic heterocycles. The fourth-order valence-corrected chi connectivity index (χ4v) is 5.73. The van der Waals surface area contributed by atoms with E-state index in [1.165, 1.54) is 5.56 Å². The third-order valence-electron chi connectivity index (χ3n) is 8.29. The number of aliphatic hydroxyl groups excluding tert-OH is 1. The van der Waals surface area contributed by atoms with E-state index in [0.717, 1.165) is 50.0 Å². The summed E-state index contributed by atoms with van der Waals surface area (Å²) in [6.07, 6.45) is 1.31.